The minimum Gasteiger partial charge on any atom is -0.458 e. The minimum atomic E-state index is -4.69. The van der Waals surface area contributed by atoms with E-state index in [4.69, 9.17) is 4.74 Å². The molecule has 102 valence electrons. The number of hydrogen-bond acceptors (Lipinski definition) is 2. The number of esters is 1. The Hall–Kier alpha value is -1.00. The molecule has 0 aromatic heterocycles. The van der Waals surface area contributed by atoms with Crippen LogP contribution in [0.4, 0.5) is 13.2 Å². The summed E-state index contributed by atoms with van der Waals surface area (Å²) in [4.78, 5) is 11.3. The number of carbonyl (C=O) groups excluding carboxylic acids is 1. The fourth-order valence-electron chi connectivity index (χ4n) is 3.31. The summed E-state index contributed by atoms with van der Waals surface area (Å²) in [5, 5.41) is 0. The average molecular weight is 262 g/mol. The highest BCUT2D eigenvalue weighted by Gasteiger charge is 2.48. The molecule has 0 spiro atoms. The van der Waals surface area contributed by atoms with Crippen molar-refractivity contribution in [2.45, 2.75) is 44.9 Å². The lowest BCUT2D eigenvalue weighted by Crippen LogP contribution is -2.30. The van der Waals surface area contributed by atoms with Crippen LogP contribution in [-0.4, -0.2) is 18.2 Å². The van der Waals surface area contributed by atoms with Crippen molar-refractivity contribution in [3.63, 3.8) is 0 Å². The molecule has 2 rings (SSSR count). The van der Waals surface area contributed by atoms with Crippen LogP contribution in [0.1, 0.15) is 32.6 Å². The lowest BCUT2D eigenvalue weighted by Gasteiger charge is -2.27. The van der Waals surface area contributed by atoms with Crippen molar-refractivity contribution in [3.05, 3.63) is 12.2 Å². The maximum atomic E-state index is 12.3. The van der Waals surface area contributed by atoms with Gasteiger partial charge in [-0.2, -0.15) is 13.2 Å². The fourth-order valence-corrected chi connectivity index (χ4v) is 3.31. The van der Waals surface area contributed by atoms with Gasteiger partial charge in [0.05, 0.1) is 0 Å². The van der Waals surface area contributed by atoms with Gasteiger partial charge in [0.2, 0.25) is 0 Å². The van der Waals surface area contributed by atoms with Crippen LogP contribution in [0, 0.1) is 17.8 Å². The largest absolute Gasteiger partial charge is 0.458 e. The van der Waals surface area contributed by atoms with Crippen LogP contribution in [0.2, 0.25) is 0 Å². The van der Waals surface area contributed by atoms with E-state index in [1.165, 1.54) is 0 Å². The van der Waals surface area contributed by atoms with Crippen molar-refractivity contribution in [3.8, 4) is 0 Å². The number of halogens is 3. The van der Waals surface area contributed by atoms with E-state index in [2.05, 4.69) is 13.5 Å². The second-order valence-corrected chi connectivity index (χ2v) is 5.32. The molecule has 0 saturated heterocycles. The van der Waals surface area contributed by atoms with Crippen LogP contribution in [-0.2, 0) is 9.53 Å². The summed E-state index contributed by atoms with van der Waals surface area (Å²) >= 11 is 0. The Morgan fingerprint density at radius 1 is 1.28 bits per heavy atom. The van der Waals surface area contributed by atoms with E-state index in [-0.39, 0.29) is 12.0 Å². The van der Waals surface area contributed by atoms with Gasteiger partial charge in [0.25, 0.3) is 0 Å². The Morgan fingerprint density at radius 3 is 2.39 bits per heavy atom. The molecule has 2 saturated carbocycles. The van der Waals surface area contributed by atoms with Crippen molar-refractivity contribution in [2.75, 3.05) is 0 Å². The molecule has 2 fully saturated rings. The molecule has 2 aliphatic carbocycles. The Balaban J connectivity index is 1.90. The van der Waals surface area contributed by atoms with Crippen LogP contribution in [0.5, 0.6) is 0 Å². The van der Waals surface area contributed by atoms with E-state index >= 15 is 0 Å². The Bertz CT molecular complexity index is 362. The van der Waals surface area contributed by atoms with Gasteiger partial charge < -0.3 is 4.74 Å². The van der Waals surface area contributed by atoms with Gasteiger partial charge in [-0.05, 0) is 37.0 Å². The number of ether oxygens (including phenoxy) is 1. The summed E-state index contributed by atoms with van der Waals surface area (Å²) < 4.78 is 41.8. The molecular formula is C13H17F3O2. The number of rotatable bonds is 3. The van der Waals surface area contributed by atoms with Crippen LogP contribution in [0.25, 0.3) is 0 Å². The van der Waals surface area contributed by atoms with E-state index in [0.29, 0.717) is 18.3 Å². The molecule has 0 aromatic carbocycles. The topological polar surface area (TPSA) is 26.3 Å². The molecule has 2 bridgehead atoms. The lowest BCUT2D eigenvalue weighted by molar-refractivity contribution is -0.158. The molecule has 18 heavy (non-hydrogen) atoms. The van der Waals surface area contributed by atoms with E-state index in [1.807, 2.05) is 0 Å². The fraction of sp³-hybridized carbons (Fsp3) is 0.769. The highest BCUT2D eigenvalue weighted by atomic mass is 19.4. The van der Waals surface area contributed by atoms with Gasteiger partial charge >= 0.3 is 12.1 Å². The maximum Gasteiger partial charge on any atom is 0.422 e. The highest BCUT2D eigenvalue weighted by molar-refractivity contribution is 5.89. The summed E-state index contributed by atoms with van der Waals surface area (Å²) in [6.07, 6.45) is -1.28. The first-order valence-corrected chi connectivity index (χ1v) is 6.30. The number of carbonyl (C=O) groups is 1. The second-order valence-electron chi connectivity index (χ2n) is 5.32. The van der Waals surface area contributed by atoms with Gasteiger partial charge in [-0.1, -0.05) is 19.9 Å². The first-order valence-electron chi connectivity index (χ1n) is 6.30. The van der Waals surface area contributed by atoms with Gasteiger partial charge in [-0.25, -0.2) is 4.79 Å². The molecule has 0 amide bonds. The van der Waals surface area contributed by atoms with E-state index in [9.17, 15) is 18.0 Å². The summed E-state index contributed by atoms with van der Waals surface area (Å²) in [6, 6.07) is 0. The van der Waals surface area contributed by atoms with Crippen molar-refractivity contribution in [1.29, 1.82) is 0 Å². The van der Waals surface area contributed by atoms with Gasteiger partial charge in [0.1, 0.15) is 11.7 Å². The highest BCUT2D eigenvalue weighted by Crippen LogP contribution is 2.51. The third-order valence-corrected chi connectivity index (χ3v) is 4.31. The van der Waals surface area contributed by atoms with E-state index in [0.717, 1.165) is 19.3 Å². The number of alkyl halides is 3. The zero-order valence-corrected chi connectivity index (χ0v) is 10.3. The van der Waals surface area contributed by atoms with E-state index < -0.39 is 17.7 Å². The lowest BCUT2D eigenvalue weighted by atomic mass is 9.85. The third-order valence-electron chi connectivity index (χ3n) is 4.31. The SMILES string of the molecule is C=C(C(=O)OC1CC2CC1CC2CC)C(F)(F)F. The van der Waals surface area contributed by atoms with Crippen LogP contribution >= 0.6 is 0 Å². The maximum absolute atomic E-state index is 12.3. The van der Waals surface area contributed by atoms with Crippen LogP contribution in [0.15, 0.2) is 12.2 Å². The zero-order valence-electron chi connectivity index (χ0n) is 10.3. The predicted molar refractivity (Wildman–Crippen MR) is 59.7 cm³/mol. The Morgan fingerprint density at radius 2 is 1.94 bits per heavy atom. The summed E-state index contributed by atoms with van der Waals surface area (Å²) in [5.41, 5.74) is -1.41. The molecule has 0 radical (unpaired) electrons. The summed E-state index contributed by atoms with van der Waals surface area (Å²) in [6.45, 7) is 4.88. The smallest absolute Gasteiger partial charge is 0.422 e. The quantitative estimate of drug-likeness (QED) is 0.575. The van der Waals surface area contributed by atoms with E-state index in [1.54, 1.807) is 0 Å². The molecular weight excluding hydrogens is 245 g/mol. The van der Waals surface area contributed by atoms with Crippen LogP contribution < -0.4 is 0 Å². The van der Waals surface area contributed by atoms with Crippen molar-refractivity contribution >= 4 is 5.97 Å². The molecule has 4 atom stereocenters. The number of hydrogen-bond donors (Lipinski definition) is 0. The van der Waals surface area contributed by atoms with Gasteiger partial charge in [0.15, 0.2) is 0 Å². The molecule has 0 N–H and O–H groups in total. The first kappa shape index (κ1) is 13.4. The predicted octanol–water partition coefficient (Wildman–Crippen LogP) is 3.47. The molecule has 4 unspecified atom stereocenters. The molecule has 5 heteroatoms. The molecule has 2 nitrogen and oxygen atoms in total. The average Bonchev–Trinajstić information content (AvgIpc) is 2.85. The van der Waals surface area contributed by atoms with Crippen molar-refractivity contribution in [2.24, 2.45) is 17.8 Å². The van der Waals surface area contributed by atoms with Crippen LogP contribution in [0.3, 0.4) is 0 Å². The first-order chi connectivity index (χ1) is 8.32. The van der Waals surface area contributed by atoms with Gasteiger partial charge in [-0.15, -0.1) is 0 Å². The molecule has 0 aliphatic heterocycles. The normalized spacial score (nSPS) is 34.7. The monoisotopic (exact) mass is 262 g/mol. The second kappa shape index (κ2) is 4.59. The molecule has 2 aliphatic rings. The standard InChI is InChI=1S/C13H17F3O2/c1-3-8-4-10-5-9(8)6-11(10)18-12(17)7(2)13(14,15)16/h8-11H,2-6H2,1H3. The number of fused-ring (bicyclic) bond motifs is 2. The summed E-state index contributed by atoms with van der Waals surface area (Å²) in [5.74, 6) is 0.0887. The Labute approximate surface area is 104 Å². The molecule has 0 aromatic rings. The third kappa shape index (κ3) is 2.40. The van der Waals surface area contributed by atoms with Crippen molar-refractivity contribution in [1.82, 2.24) is 0 Å². The van der Waals surface area contributed by atoms with Gasteiger partial charge in [-0.3, -0.25) is 0 Å². The minimum absolute atomic E-state index is 0.241. The van der Waals surface area contributed by atoms with Gasteiger partial charge in [0, 0.05) is 0 Å². The zero-order chi connectivity index (χ0) is 13.5. The summed E-state index contributed by atoms with van der Waals surface area (Å²) in [7, 11) is 0. The Kier molecular flexibility index (Phi) is 3.43. The van der Waals surface area contributed by atoms with Crippen molar-refractivity contribution < 1.29 is 22.7 Å². The molecule has 0 heterocycles.